The Morgan fingerprint density at radius 3 is 2.76 bits per heavy atom. The first kappa shape index (κ1) is 13.0. The molecule has 94 valence electrons. The van der Waals surface area contributed by atoms with Gasteiger partial charge in [-0.2, -0.15) is 4.31 Å². The maximum atomic E-state index is 12.3. The predicted molar refractivity (Wildman–Crippen MR) is 66.8 cm³/mol. The van der Waals surface area contributed by atoms with Gasteiger partial charge in [0.25, 0.3) is 10.0 Å². The lowest BCUT2D eigenvalue weighted by atomic mass is 10.2. The highest BCUT2D eigenvalue weighted by atomic mass is 35.5. The number of carbonyl (C=O) groups is 1. The second-order valence-electron chi connectivity index (χ2n) is 3.94. The number of rotatable bonds is 3. The molecule has 2 rings (SSSR count). The zero-order valence-corrected chi connectivity index (χ0v) is 11.6. The van der Waals surface area contributed by atoms with Gasteiger partial charge in [0.1, 0.15) is 4.21 Å². The summed E-state index contributed by atoms with van der Waals surface area (Å²) in [6.45, 7) is 2.21. The first-order valence-corrected chi connectivity index (χ1v) is 7.84. The van der Waals surface area contributed by atoms with Gasteiger partial charge in [-0.05, 0) is 43.5 Å². The van der Waals surface area contributed by atoms with Crippen molar-refractivity contribution in [1.82, 2.24) is 4.31 Å². The lowest BCUT2D eigenvalue weighted by molar-refractivity contribution is -0.114. The monoisotopic (exact) mass is 293 g/mol. The molecular weight excluding hydrogens is 282 g/mol. The van der Waals surface area contributed by atoms with Crippen molar-refractivity contribution in [1.29, 1.82) is 0 Å². The average Bonchev–Trinajstić information content (AvgIpc) is 2.84. The van der Waals surface area contributed by atoms with Crippen LogP contribution in [0.25, 0.3) is 0 Å². The van der Waals surface area contributed by atoms with Crippen LogP contribution in [0.15, 0.2) is 16.3 Å². The SMILES string of the molecule is Cc1ccc(S(=O)(=O)N2CCCC2C(=O)Cl)s1. The minimum Gasteiger partial charge on any atom is -0.279 e. The Morgan fingerprint density at radius 2 is 2.24 bits per heavy atom. The maximum Gasteiger partial charge on any atom is 0.253 e. The van der Waals surface area contributed by atoms with Crippen molar-refractivity contribution < 1.29 is 13.2 Å². The molecule has 1 unspecified atom stereocenters. The van der Waals surface area contributed by atoms with Crippen LogP contribution < -0.4 is 0 Å². The number of hydrogen-bond acceptors (Lipinski definition) is 4. The summed E-state index contributed by atoms with van der Waals surface area (Å²) in [6, 6.07) is 2.62. The van der Waals surface area contributed by atoms with Gasteiger partial charge >= 0.3 is 0 Å². The topological polar surface area (TPSA) is 54.5 Å². The third kappa shape index (κ3) is 2.40. The molecule has 0 N–H and O–H groups in total. The number of hydrogen-bond donors (Lipinski definition) is 0. The molecule has 1 saturated heterocycles. The van der Waals surface area contributed by atoms with Crippen molar-refractivity contribution in [2.75, 3.05) is 6.54 Å². The number of carbonyl (C=O) groups excluding carboxylic acids is 1. The molecule has 2 heterocycles. The predicted octanol–water partition coefficient (Wildman–Crippen LogP) is 1.98. The van der Waals surface area contributed by atoms with Gasteiger partial charge in [-0.1, -0.05) is 0 Å². The summed E-state index contributed by atoms with van der Waals surface area (Å²) in [5.41, 5.74) is 0. The van der Waals surface area contributed by atoms with Crippen molar-refractivity contribution in [2.45, 2.75) is 30.0 Å². The fourth-order valence-electron chi connectivity index (χ4n) is 1.92. The third-order valence-electron chi connectivity index (χ3n) is 2.74. The van der Waals surface area contributed by atoms with Crippen LogP contribution in [0.2, 0.25) is 0 Å². The van der Waals surface area contributed by atoms with E-state index in [4.69, 9.17) is 11.6 Å². The van der Waals surface area contributed by atoms with Crippen LogP contribution >= 0.6 is 22.9 Å². The van der Waals surface area contributed by atoms with Crippen molar-refractivity contribution in [3.63, 3.8) is 0 Å². The largest absolute Gasteiger partial charge is 0.279 e. The van der Waals surface area contributed by atoms with Crippen LogP contribution in [0, 0.1) is 6.92 Å². The van der Waals surface area contributed by atoms with Crippen LogP contribution in [0.5, 0.6) is 0 Å². The molecule has 0 saturated carbocycles. The summed E-state index contributed by atoms with van der Waals surface area (Å²) in [5.74, 6) is 0. The van der Waals surface area contributed by atoms with E-state index in [-0.39, 0.29) is 4.21 Å². The van der Waals surface area contributed by atoms with E-state index < -0.39 is 21.3 Å². The van der Waals surface area contributed by atoms with Gasteiger partial charge < -0.3 is 0 Å². The zero-order valence-electron chi connectivity index (χ0n) is 9.22. The van der Waals surface area contributed by atoms with E-state index in [0.717, 1.165) is 4.88 Å². The molecule has 1 fully saturated rings. The zero-order chi connectivity index (χ0) is 12.6. The van der Waals surface area contributed by atoms with E-state index in [9.17, 15) is 13.2 Å². The molecular formula is C10H12ClNO3S2. The second kappa shape index (κ2) is 4.68. The molecule has 1 aromatic heterocycles. The standard InChI is InChI=1S/C10H12ClNO3S2/c1-7-4-5-9(16-7)17(14,15)12-6-2-3-8(12)10(11)13/h4-5,8H,2-3,6H2,1H3. The minimum atomic E-state index is -3.57. The summed E-state index contributed by atoms with van der Waals surface area (Å²) in [7, 11) is -3.57. The van der Waals surface area contributed by atoms with Crippen molar-refractivity contribution in [2.24, 2.45) is 0 Å². The number of thiophene rings is 1. The van der Waals surface area contributed by atoms with Crippen LogP contribution in [-0.4, -0.2) is 30.6 Å². The van der Waals surface area contributed by atoms with E-state index in [2.05, 4.69) is 0 Å². The molecule has 1 aliphatic heterocycles. The highest BCUT2D eigenvalue weighted by Gasteiger charge is 2.39. The molecule has 1 aliphatic rings. The first-order chi connectivity index (χ1) is 7.93. The summed E-state index contributed by atoms with van der Waals surface area (Å²) < 4.78 is 26.1. The van der Waals surface area contributed by atoms with Gasteiger partial charge in [0.05, 0.1) is 6.04 Å². The highest BCUT2D eigenvalue weighted by Crippen LogP contribution is 2.30. The Labute approximate surface area is 109 Å². The quantitative estimate of drug-likeness (QED) is 0.801. The first-order valence-electron chi connectivity index (χ1n) is 5.20. The van der Waals surface area contributed by atoms with Crippen LogP contribution in [0.4, 0.5) is 0 Å². The van der Waals surface area contributed by atoms with Crippen LogP contribution in [-0.2, 0) is 14.8 Å². The van der Waals surface area contributed by atoms with Crippen molar-refractivity contribution in [3.05, 3.63) is 17.0 Å². The molecule has 0 aliphatic carbocycles. The van der Waals surface area contributed by atoms with Gasteiger partial charge in [-0.15, -0.1) is 11.3 Å². The lowest BCUT2D eigenvalue weighted by Crippen LogP contribution is -2.38. The Morgan fingerprint density at radius 1 is 1.53 bits per heavy atom. The van der Waals surface area contributed by atoms with Gasteiger partial charge in [0, 0.05) is 11.4 Å². The molecule has 4 nitrogen and oxygen atoms in total. The fourth-order valence-corrected chi connectivity index (χ4v) is 5.27. The van der Waals surface area contributed by atoms with E-state index in [0.29, 0.717) is 19.4 Å². The Bertz CT molecular complexity index is 538. The summed E-state index contributed by atoms with van der Waals surface area (Å²) >= 11 is 6.65. The number of aryl methyl sites for hydroxylation is 1. The Balaban J connectivity index is 2.36. The van der Waals surface area contributed by atoms with Crippen LogP contribution in [0.1, 0.15) is 17.7 Å². The van der Waals surface area contributed by atoms with E-state index in [1.807, 2.05) is 6.92 Å². The maximum absolute atomic E-state index is 12.3. The van der Waals surface area contributed by atoms with E-state index in [1.165, 1.54) is 15.6 Å². The van der Waals surface area contributed by atoms with Gasteiger partial charge in [-0.3, -0.25) is 4.79 Å². The highest BCUT2D eigenvalue weighted by molar-refractivity contribution is 7.91. The number of halogens is 1. The molecule has 17 heavy (non-hydrogen) atoms. The molecule has 0 radical (unpaired) electrons. The smallest absolute Gasteiger partial charge is 0.253 e. The minimum absolute atomic E-state index is 0.278. The van der Waals surface area contributed by atoms with Crippen molar-refractivity contribution in [3.8, 4) is 0 Å². The molecule has 0 amide bonds. The normalized spacial score (nSPS) is 21.9. The molecule has 0 spiro atoms. The molecule has 0 bridgehead atoms. The van der Waals surface area contributed by atoms with Gasteiger partial charge in [0.15, 0.2) is 0 Å². The summed E-state index contributed by atoms with van der Waals surface area (Å²) in [6.07, 6.45) is 1.18. The van der Waals surface area contributed by atoms with Gasteiger partial charge in [0.2, 0.25) is 5.24 Å². The van der Waals surface area contributed by atoms with Crippen LogP contribution in [0.3, 0.4) is 0 Å². The van der Waals surface area contributed by atoms with Crippen molar-refractivity contribution >= 4 is 38.2 Å². The molecule has 0 aromatic carbocycles. The van der Waals surface area contributed by atoms with E-state index in [1.54, 1.807) is 12.1 Å². The number of nitrogens with zero attached hydrogens (tertiary/aromatic N) is 1. The lowest BCUT2D eigenvalue weighted by Gasteiger charge is -2.20. The fraction of sp³-hybridized carbons (Fsp3) is 0.500. The Hall–Kier alpha value is -0.430. The molecule has 1 atom stereocenters. The average molecular weight is 294 g/mol. The number of sulfonamides is 1. The molecule has 7 heteroatoms. The Kier molecular flexibility index (Phi) is 3.58. The second-order valence-corrected chi connectivity index (χ2v) is 7.72. The molecule has 1 aromatic rings. The van der Waals surface area contributed by atoms with Gasteiger partial charge in [-0.25, -0.2) is 8.42 Å². The third-order valence-corrected chi connectivity index (χ3v) is 6.37. The van der Waals surface area contributed by atoms with E-state index >= 15 is 0 Å². The summed E-state index contributed by atoms with van der Waals surface area (Å²) in [5, 5.41) is -0.598. The summed E-state index contributed by atoms with van der Waals surface area (Å²) in [4.78, 5) is 12.1.